The van der Waals surface area contributed by atoms with Crippen LogP contribution in [0.5, 0.6) is 5.88 Å². The van der Waals surface area contributed by atoms with Gasteiger partial charge in [-0.25, -0.2) is 4.98 Å². The van der Waals surface area contributed by atoms with Crippen molar-refractivity contribution in [2.75, 3.05) is 19.7 Å². The van der Waals surface area contributed by atoms with Gasteiger partial charge < -0.3 is 15.4 Å². The minimum absolute atomic E-state index is 0.122. The number of amides is 1. The molecule has 2 atom stereocenters. The molecule has 7 heteroatoms. The number of ether oxygens (including phenoxy) is 1. The molecule has 2 aliphatic rings. The zero-order chi connectivity index (χ0) is 17.2. The lowest BCUT2D eigenvalue weighted by molar-refractivity contribution is -0.151. The molecule has 0 spiro atoms. The van der Waals surface area contributed by atoms with E-state index in [1.54, 1.807) is 6.07 Å². The molecule has 5 nitrogen and oxygen atoms in total. The highest BCUT2D eigenvalue weighted by molar-refractivity contribution is 5.83. The van der Waals surface area contributed by atoms with E-state index < -0.39 is 18.4 Å². The van der Waals surface area contributed by atoms with Gasteiger partial charge in [-0.1, -0.05) is 13.0 Å². The predicted octanol–water partition coefficient (Wildman–Crippen LogP) is 2.09. The maximum Gasteiger partial charge on any atom is 0.357 e. The molecule has 2 fully saturated rings. The van der Waals surface area contributed by atoms with Gasteiger partial charge in [0.2, 0.25) is 5.88 Å². The SMILES string of the molecule is C[C@H]1CNCC[C@@H]1NC(=O)C(F)(F)COc1ncccc1C1CC1. The number of hydrogen-bond donors (Lipinski definition) is 2. The molecule has 1 aromatic rings. The van der Waals surface area contributed by atoms with Gasteiger partial charge in [-0.3, -0.25) is 4.79 Å². The number of nitrogens with one attached hydrogen (secondary N) is 2. The summed E-state index contributed by atoms with van der Waals surface area (Å²) in [5.74, 6) is -4.18. The molecule has 0 aromatic carbocycles. The molecular formula is C17H23F2N3O2. The van der Waals surface area contributed by atoms with E-state index in [1.807, 2.05) is 13.0 Å². The van der Waals surface area contributed by atoms with Gasteiger partial charge in [0.05, 0.1) is 0 Å². The lowest BCUT2D eigenvalue weighted by Crippen LogP contribution is -2.54. The van der Waals surface area contributed by atoms with E-state index in [0.717, 1.165) is 24.9 Å². The van der Waals surface area contributed by atoms with E-state index in [4.69, 9.17) is 4.74 Å². The monoisotopic (exact) mass is 339 g/mol. The molecule has 2 heterocycles. The molecule has 0 unspecified atom stereocenters. The summed E-state index contributed by atoms with van der Waals surface area (Å²) in [6, 6.07) is 3.38. The number of hydrogen-bond acceptors (Lipinski definition) is 4. The van der Waals surface area contributed by atoms with Gasteiger partial charge in [-0.2, -0.15) is 8.78 Å². The fourth-order valence-corrected chi connectivity index (χ4v) is 2.96. The van der Waals surface area contributed by atoms with E-state index >= 15 is 0 Å². The Morgan fingerprint density at radius 3 is 2.96 bits per heavy atom. The topological polar surface area (TPSA) is 63.2 Å². The summed E-state index contributed by atoms with van der Waals surface area (Å²) in [7, 11) is 0. The Hall–Kier alpha value is -1.76. The summed E-state index contributed by atoms with van der Waals surface area (Å²) in [6.07, 6.45) is 4.20. The maximum absolute atomic E-state index is 14.2. The quantitative estimate of drug-likeness (QED) is 0.833. The summed E-state index contributed by atoms with van der Waals surface area (Å²) in [5, 5.41) is 5.64. The van der Waals surface area contributed by atoms with Crippen molar-refractivity contribution in [2.24, 2.45) is 5.92 Å². The Morgan fingerprint density at radius 1 is 1.46 bits per heavy atom. The van der Waals surface area contributed by atoms with Crippen molar-refractivity contribution >= 4 is 5.91 Å². The standard InChI is InChI=1S/C17H23F2N3O2/c1-11-9-20-8-6-14(11)22-16(23)17(18,19)10-24-15-13(12-4-5-12)3-2-7-21-15/h2-3,7,11-12,14,20H,4-6,8-10H2,1H3,(H,22,23)/t11-,14-/m0/s1. The minimum Gasteiger partial charge on any atom is -0.470 e. The third kappa shape index (κ3) is 4.01. The van der Waals surface area contributed by atoms with Crippen LogP contribution < -0.4 is 15.4 Å². The van der Waals surface area contributed by atoms with Crippen LogP contribution in [-0.2, 0) is 4.79 Å². The van der Waals surface area contributed by atoms with Crippen LogP contribution >= 0.6 is 0 Å². The summed E-state index contributed by atoms with van der Waals surface area (Å²) < 4.78 is 33.5. The van der Waals surface area contributed by atoms with Crippen LogP contribution in [0.15, 0.2) is 18.3 Å². The first-order valence-corrected chi connectivity index (χ1v) is 8.44. The Labute approximate surface area is 140 Å². The molecule has 1 aromatic heterocycles. The molecule has 1 aliphatic heterocycles. The summed E-state index contributed by atoms with van der Waals surface area (Å²) in [6.45, 7) is 2.37. The van der Waals surface area contributed by atoms with Gasteiger partial charge in [0.25, 0.3) is 5.91 Å². The average molecular weight is 339 g/mol. The van der Waals surface area contributed by atoms with Crippen LogP contribution in [0, 0.1) is 5.92 Å². The van der Waals surface area contributed by atoms with Crippen LogP contribution in [0.4, 0.5) is 8.78 Å². The highest BCUT2D eigenvalue weighted by Crippen LogP contribution is 2.43. The number of piperidine rings is 1. The van der Waals surface area contributed by atoms with E-state index in [-0.39, 0.29) is 17.8 Å². The lowest BCUT2D eigenvalue weighted by atomic mass is 9.95. The summed E-state index contributed by atoms with van der Waals surface area (Å²) in [4.78, 5) is 16.0. The number of nitrogens with zero attached hydrogens (tertiary/aromatic N) is 1. The molecule has 0 bridgehead atoms. The Morgan fingerprint density at radius 2 is 2.25 bits per heavy atom. The van der Waals surface area contributed by atoms with E-state index in [1.165, 1.54) is 6.20 Å². The number of pyridine rings is 1. The molecule has 1 saturated carbocycles. The van der Waals surface area contributed by atoms with Crippen molar-refractivity contribution < 1.29 is 18.3 Å². The van der Waals surface area contributed by atoms with Crippen molar-refractivity contribution in [1.29, 1.82) is 0 Å². The molecule has 1 aliphatic carbocycles. The molecule has 1 amide bonds. The Kier molecular flexibility index (Phi) is 4.99. The molecule has 2 N–H and O–H groups in total. The largest absolute Gasteiger partial charge is 0.470 e. The molecule has 132 valence electrons. The third-order valence-corrected chi connectivity index (χ3v) is 4.64. The maximum atomic E-state index is 14.2. The second-order valence-electron chi connectivity index (χ2n) is 6.72. The van der Waals surface area contributed by atoms with Crippen LogP contribution in [0.1, 0.15) is 37.7 Å². The first-order valence-electron chi connectivity index (χ1n) is 8.44. The number of rotatable bonds is 6. The number of aromatic nitrogens is 1. The highest BCUT2D eigenvalue weighted by Gasteiger charge is 2.42. The van der Waals surface area contributed by atoms with Gasteiger partial charge in [-0.15, -0.1) is 0 Å². The molecule has 1 saturated heterocycles. The summed E-state index contributed by atoms with van der Waals surface area (Å²) in [5.41, 5.74) is 0.848. The van der Waals surface area contributed by atoms with E-state index in [2.05, 4.69) is 15.6 Å². The fourth-order valence-electron chi connectivity index (χ4n) is 2.96. The van der Waals surface area contributed by atoms with Crippen molar-refractivity contribution in [3.05, 3.63) is 23.9 Å². The zero-order valence-electron chi connectivity index (χ0n) is 13.7. The average Bonchev–Trinajstić information content (AvgIpc) is 3.40. The van der Waals surface area contributed by atoms with Crippen molar-refractivity contribution in [2.45, 2.75) is 44.1 Å². The van der Waals surface area contributed by atoms with Crippen molar-refractivity contribution in [1.82, 2.24) is 15.6 Å². The van der Waals surface area contributed by atoms with Crippen LogP contribution in [0.25, 0.3) is 0 Å². The first-order chi connectivity index (χ1) is 11.5. The van der Waals surface area contributed by atoms with Crippen LogP contribution in [0.2, 0.25) is 0 Å². The zero-order valence-corrected chi connectivity index (χ0v) is 13.7. The van der Waals surface area contributed by atoms with Crippen LogP contribution in [-0.4, -0.2) is 42.6 Å². The second-order valence-corrected chi connectivity index (χ2v) is 6.72. The van der Waals surface area contributed by atoms with E-state index in [0.29, 0.717) is 18.9 Å². The molecule has 24 heavy (non-hydrogen) atoms. The normalized spacial score (nSPS) is 24.5. The minimum atomic E-state index is -3.58. The van der Waals surface area contributed by atoms with Crippen molar-refractivity contribution in [3.63, 3.8) is 0 Å². The smallest absolute Gasteiger partial charge is 0.357 e. The first kappa shape index (κ1) is 17.1. The van der Waals surface area contributed by atoms with Gasteiger partial charge in [0, 0.05) is 17.8 Å². The van der Waals surface area contributed by atoms with Gasteiger partial charge in [-0.05, 0) is 50.3 Å². The van der Waals surface area contributed by atoms with E-state index in [9.17, 15) is 13.6 Å². The molecule has 3 rings (SSSR count). The fraction of sp³-hybridized carbons (Fsp3) is 0.647. The van der Waals surface area contributed by atoms with Crippen LogP contribution in [0.3, 0.4) is 0 Å². The number of carbonyl (C=O) groups excluding carboxylic acids is 1. The summed E-state index contributed by atoms with van der Waals surface area (Å²) >= 11 is 0. The number of halogens is 2. The predicted molar refractivity (Wildman–Crippen MR) is 85.2 cm³/mol. The van der Waals surface area contributed by atoms with Gasteiger partial charge in [0.15, 0.2) is 6.61 Å². The highest BCUT2D eigenvalue weighted by atomic mass is 19.3. The Bertz CT molecular complexity index is 593. The molecule has 0 radical (unpaired) electrons. The van der Waals surface area contributed by atoms with Gasteiger partial charge in [0.1, 0.15) is 0 Å². The molecular weight excluding hydrogens is 316 g/mol. The number of carbonyl (C=O) groups is 1. The third-order valence-electron chi connectivity index (χ3n) is 4.64. The lowest BCUT2D eigenvalue weighted by Gasteiger charge is -2.31. The van der Waals surface area contributed by atoms with Crippen molar-refractivity contribution in [3.8, 4) is 5.88 Å². The Balaban J connectivity index is 1.58. The second kappa shape index (κ2) is 7.01. The number of alkyl halides is 2. The van der Waals surface area contributed by atoms with Gasteiger partial charge >= 0.3 is 5.92 Å².